The topological polar surface area (TPSA) is 66.3 Å². The van der Waals surface area contributed by atoms with Crippen LogP contribution < -0.4 is 5.32 Å². The first-order chi connectivity index (χ1) is 12.6. The second kappa shape index (κ2) is 7.17. The lowest BCUT2D eigenvalue weighted by Crippen LogP contribution is -2.48. The normalized spacial score (nSPS) is 20.1. The third kappa shape index (κ3) is 3.50. The summed E-state index contributed by atoms with van der Waals surface area (Å²) in [7, 11) is 2.12. The van der Waals surface area contributed by atoms with E-state index in [2.05, 4.69) is 36.9 Å². The summed E-state index contributed by atoms with van der Waals surface area (Å²) in [6.45, 7) is 5.62. The van der Waals surface area contributed by atoms with E-state index in [1.807, 2.05) is 37.3 Å². The minimum atomic E-state index is -0.311. The third-order valence-electron chi connectivity index (χ3n) is 5.28. The molecule has 7 nitrogen and oxygen atoms in total. The Hall–Kier alpha value is -2.25. The van der Waals surface area contributed by atoms with E-state index in [9.17, 15) is 4.79 Å². The number of nitrogens with one attached hydrogen (secondary N) is 1. The molecular weight excluding hydrogens is 328 g/mol. The lowest BCUT2D eigenvalue weighted by molar-refractivity contribution is -0.122. The molecule has 7 heteroatoms. The third-order valence-corrected chi connectivity index (χ3v) is 5.28. The van der Waals surface area contributed by atoms with Crippen molar-refractivity contribution in [2.45, 2.75) is 31.8 Å². The standard InChI is InChI=1S/C19H26N6O/c1-14-21-22-19(25(14)16-8-9-16)20-18(26)17(15-6-4-3-5-7-15)24-12-10-23(2)11-13-24/h3-7,16-17H,8-13H2,1-2H3,(H,20,22,26). The molecule has 2 fully saturated rings. The summed E-state index contributed by atoms with van der Waals surface area (Å²) >= 11 is 0. The molecule has 26 heavy (non-hydrogen) atoms. The van der Waals surface area contributed by atoms with Crippen molar-refractivity contribution in [1.29, 1.82) is 0 Å². The van der Waals surface area contributed by atoms with E-state index in [0.29, 0.717) is 12.0 Å². The van der Waals surface area contributed by atoms with Crippen LogP contribution in [-0.2, 0) is 4.79 Å². The molecule has 1 unspecified atom stereocenters. The van der Waals surface area contributed by atoms with Crippen molar-refractivity contribution in [2.75, 3.05) is 38.5 Å². The molecule has 1 aliphatic carbocycles. The summed E-state index contributed by atoms with van der Waals surface area (Å²) < 4.78 is 2.06. The number of hydrogen-bond donors (Lipinski definition) is 1. The summed E-state index contributed by atoms with van der Waals surface area (Å²) in [5, 5.41) is 11.4. The van der Waals surface area contributed by atoms with Gasteiger partial charge in [0.05, 0.1) is 0 Å². The minimum absolute atomic E-state index is 0.0324. The van der Waals surface area contributed by atoms with Gasteiger partial charge in [0, 0.05) is 32.2 Å². The molecule has 0 bridgehead atoms. The fourth-order valence-corrected chi connectivity index (χ4v) is 3.65. The van der Waals surface area contributed by atoms with E-state index >= 15 is 0 Å². The maximum atomic E-state index is 13.3. The van der Waals surface area contributed by atoms with Gasteiger partial charge in [-0.3, -0.25) is 19.6 Å². The fraction of sp³-hybridized carbons (Fsp3) is 0.526. The van der Waals surface area contributed by atoms with Crippen LogP contribution in [0.25, 0.3) is 0 Å². The van der Waals surface area contributed by atoms with Gasteiger partial charge in [-0.05, 0) is 32.4 Å². The number of rotatable bonds is 5. The molecule has 2 heterocycles. The number of amides is 1. The van der Waals surface area contributed by atoms with Gasteiger partial charge in [-0.25, -0.2) is 0 Å². The molecule has 1 amide bonds. The van der Waals surface area contributed by atoms with Crippen LogP contribution in [0.1, 0.15) is 36.3 Å². The van der Waals surface area contributed by atoms with Crippen LogP contribution in [0.15, 0.2) is 30.3 Å². The monoisotopic (exact) mass is 354 g/mol. The molecule has 2 aromatic rings. The average molecular weight is 354 g/mol. The Morgan fingerprint density at radius 2 is 1.81 bits per heavy atom. The molecule has 1 aromatic carbocycles. The molecule has 1 aliphatic heterocycles. The smallest absolute Gasteiger partial charge is 0.248 e. The number of nitrogens with zero attached hydrogens (tertiary/aromatic N) is 5. The van der Waals surface area contributed by atoms with E-state index in [0.717, 1.165) is 50.4 Å². The molecule has 4 rings (SSSR count). The van der Waals surface area contributed by atoms with Crippen LogP contribution in [-0.4, -0.2) is 63.7 Å². The first-order valence-electron chi connectivity index (χ1n) is 9.33. The Balaban J connectivity index is 1.58. The van der Waals surface area contributed by atoms with Crippen LogP contribution in [0.4, 0.5) is 5.95 Å². The van der Waals surface area contributed by atoms with Crippen LogP contribution >= 0.6 is 0 Å². The highest BCUT2D eigenvalue weighted by molar-refractivity contribution is 5.94. The number of anilines is 1. The van der Waals surface area contributed by atoms with Gasteiger partial charge in [0.25, 0.3) is 0 Å². The van der Waals surface area contributed by atoms with Gasteiger partial charge in [0.15, 0.2) is 0 Å². The van der Waals surface area contributed by atoms with E-state index in [-0.39, 0.29) is 11.9 Å². The largest absolute Gasteiger partial charge is 0.304 e. The highest BCUT2D eigenvalue weighted by Crippen LogP contribution is 2.38. The Labute approximate surface area is 154 Å². The van der Waals surface area contributed by atoms with Crippen LogP contribution in [0, 0.1) is 6.92 Å². The second-order valence-electron chi connectivity index (χ2n) is 7.31. The summed E-state index contributed by atoms with van der Waals surface area (Å²) in [5.41, 5.74) is 1.02. The van der Waals surface area contributed by atoms with Gasteiger partial charge >= 0.3 is 0 Å². The number of hydrogen-bond acceptors (Lipinski definition) is 5. The molecule has 138 valence electrons. The maximum Gasteiger partial charge on any atom is 0.248 e. The van der Waals surface area contributed by atoms with Crippen molar-refractivity contribution in [3.8, 4) is 0 Å². The SMILES string of the molecule is Cc1nnc(NC(=O)C(c2ccccc2)N2CCN(C)CC2)n1C1CC1. The number of carbonyl (C=O) groups excluding carboxylic acids is 1. The van der Waals surface area contributed by atoms with Crippen molar-refractivity contribution in [2.24, 2.45) is 0 Å². The van der Waals surface area contributed by atoms with Crippen molar-refractivity contribution in [3.63, 3.8) is 0 Å². The van der Waals surface area contributed by atoms with Crippen molar-refractivity contribution < 1.29 is 4.79 Å². The molecule has 1 aromatic heterocycles. The fourth-order valence-electron chi connectivity index (χ4n) is 3.65. The van der Waals surface area contributed by atoms with E-state index in [1.165, 1.54) is 0 Å². The predicted molar refractivity (Wildman–Crippen MR) is 99.9 cm³/mol. The molecular formula is C19H26N6O. The minimum Gasteiger partial charge on any atom is -0.304 e. The molecule has 1 atom stereocenters. The first-order valence-corrected chi connectivity index (χ1v) is 9.33. The highest BCUT2D eigenvalue weighted by Gasteiger charge is 2.33. The Bertz CT molecular complexity index is 762. The van der Waals surface area contributed by atoms with E-state index in [4.69, 9.17) is 0 Å². The number of carbonyl (C=O) groups is 1. The summed E-state index contributed by atoms with van der Waals surface area (Å²) in [6, 6.07) is 10.1. The summed E-state index contributed by atoms with van der Waals surface area (Å²) in [5.74, 6) is 1.40. The van der Waals surface area contributed by atoms with E-state index in [1.54, 1.807) is 0 Å². The van der Waals surface area contributed by atoms with Crippen molar-refractivity contribution in [3.05, 3.63) is 41.7 Å². The van der Waals surface area contributed by atoms with Crippen LogP contribution in [0.2, 0.25) is 0 Å². The highest BCUT2D eigenvalue weighted by atomic mass is 16.2. The molecule has 2 aliphatic rings. The average Bonchev–Trinajstić information content (AvgIpc) is 3.41. The molecule has 0 spiro atoms. The van der Waals surface area contributed by atoms with Crippen LogP contribution in [0.5, 0.6) is 0 Å². The number of piperazine rings is 1. The lowest BCUT2D eigenvalue weighted by Gasteiger charge is -2.37. The summed E-state index contributed by atoms with van der Waals surface area (Å²) in [6.07, 6.45) is 2.25. The Morgan fingerprint density at radius 3 is 2.46 bits per heavy atom. The zero-order chi connectivity index (χ0) is 18.1. The van der Waals surface area contributed by atoms with E-state index < -0.39 is 0 Å². The molecule has 0 radical (unpaired) electrons. The number of aromatic nitrogens is 3. The van der Waals surface area contributed by atoms with Crippen molar-refractivity contribution in [1.82, 2.24) is 24.6 Å². The Morgan fingerprint density at radius 1 is 1.12 bits per heavy atom. The van der Waals surface area contributed by atoms with Gasteiger partial charge in [0.2, 0.25) is 11.9 Å². The lowest BCUT2D eigenvalue weighted by atomic mass is 10.0. The molecule has 1 saturated carbocycles. The van der Waals surface area contributed by atoms with Crippen LogP contribution in [0.3, 0.4) is 0 Å². The quantitative estimate of drug-likeness (QED) is 0.888. The zero-order valence-electron chi connectivity index (χ0n) is 15.4. The summed E-state index contributed by atoms with van der Waals surface area (Å²) in [4.78, 5) is 17.8. The first kappa shape index (κ1) is 17.2. The van der Waals surface area contributed by atoms with Gasteiger partial charge in [0.1, 0.15) is 11.9 Å². The maximum absolute atomic E-state index is 13.3. The van der Waals surface area contributed by atoms with Gasteiger partial charge in [-0.15, -0.1) is 10.2 Å². The number of benzene rings is 1. The van der Waals surface area contributed by atoms with Gasteiger partial charge < -0.3 is 4.90 Å². The zero-order valence-corrected chi connectivity index (χ0v) is 15.4. The Kier molecular flexibility index (Phi) is 4.74. The molecule has 1 saturated heterocycles. The number of likely N-dealkylation sites (N-methyl/N-ethyl adjacent to an activating group) is 1. The van der Waals surface area contributed by atoms with Gasteiger partial charge in [-0.2, -0.15) is 0 Å². The van der Waals surface area contributed by atoms with Crippen molar-refractivity contribution >= 4 is 11.9 Å². The second-order valence-corrected chi connectivity index (χ2v) is 7.31. The number of aryl methyl sites for hydroxylation is 1. The molecule has 1 N–H and O–H groups in total. The predicted octanol–water partition coefficient (Wildman–Crippen LogP) is 1.85. The van der Waals surface area contributed by atoms with Gasteiger partial charge in [-0.1, -0.05) is 30.3 Å².